The van der Waals surface area contributed by atoms with Crippen molar-refractivity contribution in [3.8, 4) is 5.69 Å². The van der Waals surface area contributed by atoms with E-state index in [1.807, 2.05) is 42.5 Å². The summed E-state index contributed by atoms with van der Waals surface area (Å²) in [5.74, 6) is -0.758. The zero-order valence-corrected chi connectivity index (χ0v) is 20.6. The monoisotopic (exact) mass is 476 g/mol. The fourth-order valence-corrected chi connectivity index (χ4v) is 3.61. The predicted octanol–water partition coefficient (Wildman–Crippen LogP) is 3.59. The maximum atomic E-state index is 13.2. The number of rotatable bonds is 8. The van der Waals surface area contributed by atoms with E-state index in [1.165, 1.54) is 10.6 Å². The predicted molar refractivity (Wildman–Crippen MR) is 138 cm³/mol. The van der Waals surface area contributed by atoms with Crippen LogP contribution in [0.15, 0.2) is 70.6 Å². The number of carbonyl (C=O) groups excluding carboxylic acids is 2. The van der Waals surface area contributed by atoms with Gasteiger partial charge in [0.15, 0.2) is 0 Å². The van der Waals surface area contributed by atoms with Crippen molar-refractivity contribution in [1.29, 1.82) is 0 Å². The van der Waals surface area contributed by atoms with E-state index in [-0.39, 0.29) is 5.56 Å². The van der Waals surface area contributed by atoms with Gasteiger partial charge >= 0.3 is 5.97 Å². The van der Waals surface area contributed by atoms with E-state index in [9.17, 15) is 14.4 Å². The molecule has 0 aliphatic rings. The van der Waals surface area contributed by atoms with Gasteiger partial charge in [-0.1, -0.05) is 30.3 Å². The highest BCUT2D eigenvalue weighted by Gasteiger charge is 2.27. The Morgan fingerprint density at radius 1 is 1.09 bits per heavy atom. The third-order valence-electron chi connectivity index (χ3n) is 5.21. The maximum Gasteiger partial charge on any atom is 0.329 e. The minimum absolute atomic E-state index is 0.0648. The number of amides is 1. The normalized spacial score (nSPS) is 12.9. The van der Waals surface area contributed by atoms with Gasteiger partial charge in [0.2, 0.25) is 0 Å². The lowest BCUT2D eigenvalue weighted by Gasteiger charge is -2.24. The van der Waals surface area contributed by atoms with Crippen LogP contribution in [-0.4, -0.2) is 40.5 Å². The highest BCUT2D eigenvalue weighted by molar-refractivity contribution is 5.96. The number of hydrogen-bond acceptors (Lipinski definition) is 5. The number of esters is 1. The molecule has 1 atom stereocenters. The number of benzene rings is 2. The van der Waals surface area contributed by atoms with E-state index in [0.717, 1.165) is 10.8 Å². The molecule has 0 spiro atoms. The lowest BCUT2D eigenvalue weighted by atomic mass is 10.1. The summed E-state index contributed by atoms with van der Waals surface area (Å²) in [6.45, 7) is 7.36. The summed E-state index contributed by atoms with van der Waals surface area (Å²) in [4.78, 5) is 43.2. The molecule has 3 N–H and O–H groups in total. The van der Waals surface area contributed by atoms with E-state index >= 15 is 0 Å². The van der Waals surface area contributed by atoms with Crippen LogP contribution in [0, 0.1) is 0 Å². The van der Waals surface area contributed by atoms with Crippen LogP contribution in [0.2, 0.25) is 0 Å². The van der Waals surface area contributed by atoms with Crippen LogP contribution >= 0.6 is 0 Å². The lowest BCUT2D eigenvalue weighted by molar-refractivity contribution is -0.157. The first-order valence-electron chi connectivity index (χ1n) is 11.6. The van der Waals surface area contributed by atoms with Crippen molar-refractivity contribution in [2.24, 2.45) is 10.7 Å². The van der Waals surface area contributed by atoms with Gasteiger partial charge in [-0.15, -0.1) is 0 Å². The number of ether oxygens (including phenoxy) is 1. The first-order valence-corrected chi connectivity index (χ1v) is 11.6. The van der Waals surface area contributed by atoms with Crippen LogP contribution in [0.5, 0.6) is 0 Å². The Bertz CT molecular complexity index is 1300. The SMILES string of the molecule is CC(N)=NCCC[C@H](NC(=O)c1cccn(-c2ccc3ccccc3c2)c1=O)C(=O)OC(C)(C)C. The third kappa shape index (κ3) is 7.02. The molecule has 35 heavy (non-hydrogen) atoms. The van der Waals surface area contributed by atoms with Gasteiger partial charge in [-0.25, -0.2) is 4.79 Å². The summed E-state index contributed by atoms with van der Waals surface area (Å²) in [6, 6.07) is 15.6. The number of nitrogens with two attached hydrogens (primary N) is 1. The minimum atomic E-state index is -0.927. The molecule has 3 aromatic rings. The second-order valence-electron chi connectivity index (χ2n) is 9.35. The molecule has 0 aliphatic carbocycles. The average molecular weight is 477 g/mol. The van der Waals surface area contributed by atoms with Crippen molar-refractivity contribution in [3.63, 3.8) is 0 Å². The third-order valence-corrected chi connectivity index (χ3v) is 5.21. The molecule has 1 aromatic heterocycles. The minimum Gasteiger partial charge on any atom is -0.458 e. The molecule has 1 heterocycles. The Hall–Kier alpha value is -3.94. The number of nitrogens with one attached hydrogen (secondary N) is 1. The number of hydrogen-bond donors (Lipinski definition) is 2. The van der Waals surface area contributed by atoms with E-state index in [2.05, 4.69) is 10.3 Å². The molecule has 0 fully saturated rings. The van der Waals surface area contributed by atoms with Crippen molar-refractivity contribution < 1.29 is 14.3 Å². The highest BCUT2D eigenvalue weighted by atomic mass is 16.6. The Balaban J connectivity index is 1.85. The van der Waals surface area contributed by atoms with Crippen molar-refractivity contribution >= 4 is 28.5 Å². The van der Waals surface area contributed by atoms with E-state index < -0.39 is 29.1 Å². The van der Waals surface area contributed by atoms with Crippen LogP contribution in [-0.2, 0) is 9.53 Å². The molecule has 0 radical (unpaired) electrons. The molecule has 3 rings (SSSR count). The zero-order valence-electron chi connectivity index (χ0n) is 20.6. The van der Waals surface area contributed by atoms with Gasteiger partial charge in [0.1, 0.15) is 17.2 Å². The number of amidine groups is 1. The molecule has 1 amide bonds. The van der Waals surface area contributed by atoms with Gasteiger partial charge in [-0.3, -0.25) is 19.1 Å². The second kappa shape index (κ2) is 11.0. The molecule has 2 aromatic carbocycles. The van der Waals surface area contributed by atoms with Gasteiger partial charge in [0, 0.05) is 18.4 Å². The molecule has 8 heteroatoms. The molecule has 0 saturated heterocycles. The molecule has 0 bridgehead atoms. The first-order chi connectivity index (χ1) is 16.5. The van der Waals surface area contributed by atoms with Crippen molar-refractivity contribution in [1.82, 2.24) is 9.88 Å². The van der Waals surface area contributed by atoms with Crippen molar-refractivity contribution in [2.75, 3.05) is 6.54 Å². The quantitative estimate of drug-likeness (QED) is 0.223. The molecular weight excluding hydrogens is 444 g/mol. The van der Waals surface area contributed by atoms with Crippen molar-refractivity contribution in [3.05, 3.63) is 76.7 Å². The number of aromatic nitrogens is 1. The largest absolute Gasteiger partial charge is 0.458 e. The van der Waals surface area contributed by atoms with Gasteiger partial charge in [0.05, 0.1) is 5.84 Å². The van der Waals surface area contributed by atoms with Crippen LogP contribution in [0.4, 0.5) is 0 Å². The smallest absolute Gasteiger partial charge is 0.329 e. The van der Waals surface area contributed by atoms with Crippen LogP contribution < -0.4 is 16.6 Å². The van der Waals surface area contributed by atoms with Gasteiger partial charge in [-0.2, -0.15) is 0 Å². The molecule has 184 valence electrons. The topological polar surface area (TPSA) is 116 Å². The average Bonchev–Trinajstić information content (AvgIpc) is 2.79. The Morgan fingerprint density at radius 3 is 2.49 bits per heavy atom. The summed E-state index contributed by atoms with van der Waals surface area (Å²) < 4.78 is 6.90. The summed E-state index contributed by atoms with van der Waals surface area (Å²) in [5, 5.41) is 4.71. The molecule has 0 aliphatic heterocycles. The summed E-state index contributed by atoms with van der Waals surface area (Å²) in [7, 11) is 0. The second-order valence-corrected chi connectivity index (χ2v) is 9.35. The Kier molecular flexibility index (Phi) is 8.06. The number of nitrogens with zero attached hydrogens (tertiary/aromatic N) is 2. The first kappa shape index (κ1) is 25.7. The Labute approximate surface area is 204 Å². The lowest BCUT2D eigenvalue weighted by Crippen LogP contribution is -2.45. The standard InChI is InChI=1S/C27H32N4O4/c1-18(28)29-15-7-12-23(26(34)35-27(2,3)4)30-24(32)22-11-8-16-31(25(22)33)21-14-13-19-9-5-6-10-20(19)17-21/h5-6,8-11,13-14,16-17,23H,7,12,15H2,1-4H3,(H2,28,29)(H,30,32)/t23-/m0/s1. The summed E-state index contributed by atoms with van der Waals surface area (Å²) in [5.41, 5.74) is 4.95. The number of carbonyl (C=O) groups is 2. The Morgan fingerprint density at radius 2 is 1.80 bits per heavy atom. The fourth-order valence-electron chi connectivity index (χ4n) is 3.61. The summed E-state index contributed by atoms with van der Waals surface area (Å²) in [6.07, 6.45) is 2.42. The van der Waals surface area contributed by atoms with Crippen LogP contribution in [0.1, 0.15) is 50.9 Å². The van der Waals surface area contributed by atoms with E-state index in [4.69, 9.17) is 10.5 Å². The van der Waals surface area contributed by atoms with E-state index in [1.54, 1.807) is 40.0 Å². The molecule has 0 saturated carbocycles. The highest BCUT2D eigenvalue weighted by Crippen LogP contribution is 2.18. The zero-order chi connectivity index (χ0) is 25.6. The number of aliphatic imine (C=N–C) groups is 1. The maximum absolute atomic E-state index is 13.2. The molecular formula is C27H32N4O4. The van der Waals surface area contributed by atoms with E-state index in [0.29, 0.717) is 30.9 Å². The molecule has 0 unspecified atom stereocenters. The van der Waals surface area contributed by atoms with Crippen LogP contribution in [0.25, 0.3) is 16.5 Å². The molecule has 8 nitrogen and oxygen atoms in total. The number of pyridine rings is 1. The van der Waals surface area contributed by atoms with Crippen molar-refractivity contribution in [2.45, 2.75) is 52.2 Å². The number of fused-ring (bicyclic) bond motifs is 1. The fraction of sp³-hybridized carbons (Fsp3) is 0.333. The van der Waals surface area contributed by atoms with Gasteiger partial charge in [-0.05, 0) is 75.6 Å². The van der Waals surface area contributed by atoms with Gasteiger partial charge in [0.25, 0.3) is 11.5 Å². The van der Waals surface area contributed by atoms with Gasteiger partial charge < -0.3 is 15.8 Å². The van der Waals surface area contributed by atoms with Crippen LogP contribution in [0.3, 0.4) is 0 Å². The summed E-state index contributed by atoms with van der Waals surface area (Å²) >= 11 is 0.